The second-order valence-electron chi connectivity index (χ2n) is 3.53. The van der Waals surface area contributed by atoms with E-state index < -0.39 is 0 Å². The van der Waals surface area contributed by atoms with Gasteiger partial charge >= 0.3 is 0 Å². The fraction of sp³-hybridized carbons (Fsp3) is 1.00. The average molecular weight is 252 g/mol. The summed E-state index contributed by atoms with van der Waals surface area (Å²) in [6, 6.07) is 0. The molecule has 4 fully saturated rings. The van der Waals surface area contributed by atoms with E-state index in [1.807, 2.05) is 0 Å². The van der Waals surface area contributed by atoms with E-state index in [0.29, 0.717) is 5.66 Å². The Hall–Kier alpha value is 0.650. The van der Waals surface area contributed by atoms with Crippen molar-refractivity contribution in [1.29, 1.82) is 0 Å². The highest BCUT2D eigenvalue weighted by atomic mass is 127. The van der Waals surface area contributed by atoms with E-state index in [0.717, 1.165) is 6.17 Å². The number of hydrogen-bond acceptors (Lipinski definition) is 2. The Balaban J connectivity index is 0.000000403. The molecule has 0 amide bonds. The normalized spacial score (nSPS) is 49.8. The largest absolute Gasteiger partial charge is 0.283 e. The SMILES string of the molecule is C1CN2C3CCC2(C1)N3.I. The van der Waals surface area contributed by atoms with Gasteiger partial charge in [0.25, 0.3) is 0 Å². The monoisotopic (exact) mass is 252 g/mol. The van der Waals surface area contributed by atoms with Crippen LogP contribution >= 0.6 is 24.0 Å². The molecule has 4 saturated heterocycles. The van der Waals surface area contributed by atoms with Crippen LogP contribution in [0, 0.1) is 0 Å². The van der Waals surface area contributed by atoms with Gasteiger partial charge in [-0.05, 0) is 25.7 Å². The minimum absolute atomic E-state index is 0. The average Bonchev–Trinajstić information content (AvgIpc) is 2.37. The molecule has 0 radical (unpaired) electrons. The summed E-state index contributed by atoms with van der Waals surface area (Å²) in [5.41, 5.74) is 0.532. The van der Waals surface area contributed by atoms with Crippen LogP contribution in [-0.2, 0) is 0 Å². The van der Waals surface area contributed by atoms with Gasteiger partial charge in [0.15, 0.2) is 0 Å². The van der Waals surface area contributed by atoms with E-state index in [-0.39, 0.29) is 24.0 Å². The van der Waals surface area contributed by atoms with Crippen molar-refractivity contribution in [2.75, 3.05) is 6.54 Å². The Morgan fingerprint density at radius 2 is 2.30 bits per heavy atom. The number of nitrogens with zero attached hydrogens (tertiary/aromatic N) is 1. The maximum Gasteiger partial charge on any atom is 0.0738 e. The molecule has 0 aromatic rings. The molecule has 2 atom stereocenters. The minimum atomic E-state index is 0. The van der Waals surface area contributed by atoms with Crippen LogP contribution in [0.5, 0.6) is 0 Å². The van der Waals surface area contributed by atoms with Crippen LogP contribution in [0.1, 0.15) is 25.7 Å². The van der Waals surface area contributed by atoms with E-state index in [1.54, 1.807) is 0 Å². The fourth-order valence-corrected chi connectivity index (χ4v) is 2.77. The van der Waals surface area contributed by atoms with Gasteiger partial charge in [-0.3, -0.25) is 10.2 Å². The zero-order valence-electron chi connectivity index (χ0n) is 5.97. The summed E-state index contributed by atoms with van der Waals surface area (Å²) in [6.07, 6.45) is 6.43. The Morgan fingerprint density at radius 3 is 3.00 bits per heavy atom. The first kappa shape index (κ1) is 7.31. The van der Waals surface area contributed by atoms with Crippen LogP contribution in [-0.4, -0.2) is 23.3 Å². The molecule has 3 heteroatoms. The summed E-state index contributed by atoms with van der Waals surface area (Å²) in [7, 11) is 0. The summed E-state index contributed by atoms with van der Waals surface area (Å²) in [4.78, 5) is 2.65. The quantitative estimate of drug-likeness (QED) is 0.650. The first-order chi connectivity index (χ1) is 4.41. The molecule has 1 spiro atoms. The van der Waals surface area contributed by atoms with Crippen LogP contribution in [0.15, 0.2) is 0 Å². The van der Waals surface area contributed by atoms with Crippen molar-refractivity contribution in [2.45, 2.75) is 37.5 Å². The summed E-state index contributed by atoms with van der Waals surface area (Å²) in [5, 5.41) is 3.62. The molecular weight excluding hydrogens is 239 g/mol. The van der Waals surface area contributed by atoms with Crippen molar-refractivity contribution in [2.24, 2.45) is 0 Å². The van der Waals surface area contributed by atoms with Gasteiger partial charge in [0.2, 0.25) is 0 Å². The van der Waals surface area contributed by atoms with Crippen LogP contribution in [0.3, 0.4) is 0 Å². The van der Waals surface area contributed by atoms with Gasteiger partial charge in [0.05, 0.1) is 11.8 Å². The zero-order valence-corrected chi connectivity index (χ0v) is 8.30. The number of fused-ring (bicyclic) bond motifs is 1. The first-order valence-electron chi connectivity index (χ1n) is 3.95. The molecule has 4 aliphatic heterocycles. The Bertz CT molecular complexity index is 152. The highest BCUT2D eigenvalue weighted by Crippen LogP contribution is 2.47. The third-order valence-corrected chi connectivity index (χ3v) is 3.18. The van der Waals surface area contributed by atoms with Gasteiger partial charge in [-0.15, -0.1) is 24.0 Å². The van der Waals surface area contributed by atoms with Crippen molar-refractivity contribution < 1.29 is 0 Å². The second-order valence-corrected chi connectivity index (χ2v) is 3.53. The van der Waals surface area contributed by atoms with Crippen molar-refractivity contribution in [1.82, 2.24) is 10.2 Å². The van der Waals surface area contributed by atoms with Gasteiger partial charge < -0.3 is 0 Å². The molecule has 0 aliphatic carbocycles. The molecule has 1 N–H and O–H groups in total. The van der Waals surface area contributed by atoms with Crippen molar-refractivity contribution in [3.05, 3.63) is 0 Å². The van der Waals surface area contributed by atoms with E-state index in [1.165, 1.54) is 32.2 Å². The Kier molecular flexibility index (Phi) is 1.52. The van der Waals surface area contributed by atoms with Gasteiger partial charge in [0, 0.05) is 6.54 Å². The molecule has 2 nitrogen and oxygen atoms in total. The summed E-state index contributed by atoms with van der Waals surface area (Å²) in [6.45, 7) is 1.36. The highest BCUT2D eigenvalue weighted by molar-refractivity contribution is 14.0. The lowest BCUT2D eigenvalue weighted by molar-refractivity contribution is -0.0182. The van der Waals surface area contributed by atoms with Crippen molar-refractivity contribution in [3.8, 4) is 0 Å². The van der Waals surface area contributed by atoms with Gasteiger partial charge in [-0.25, -0.2) is 0 Å². The molecule has 10 heavy (non-hydrogen) atoms. The number of rotatable bonds is 0. The van der Waals surface area contributed by atoms with E-state index >= 15 is 0 Å². The molecule has 2 bridgehead atoms. The lowest BCUT2D eigenvalue weighted by Crippen LogP contribution is -2.69. The van der Waals surface area contributed by atoms with Gasteiger partial charge in [0.1, 0.15) is 0 Å². The molecular formula is C7H13IN2. The second kappa shape index (κ2) is 2.08. The zero-order chi connectivity index (χ0) is 5.90. The van der Waals surface area contributed by atoms with Crippen molar-refractivity contribution >= 4 is 24.0 Å². The summed E-state index contributed by atoms with van der Waals surface area (Å²) < 4.78 is 0. The maximum atomic E-state index is 3.62. The van der Waals surface area contributed by atoms with Crippen LogP contribution in [0.4, 0.5) is 0 Å². The topological polar surface area (TPSA) is 15.3 Å². The van der Waals surface area contributed by atoms with Crippen LogP contribution in [0.2, 0.25) is 0 Å². The predicted molar refractivity (Wildman–Crippen MR) is 50.2 cm³/mol. The minimum Gasteiger partial charge on any atom is -0.283 e. The number of nitrogens with one attached hydrogen (secondary N) is 1. The molecule has 4 rings (SSSR count). The van der Waals surface area contributed by atoms with E-state index in [2.05, 4.69) is 10.2 Å². The predicted octanol–water partition coefficient (Wildman–Crippen LogP) is 1.12. The van der Waals surface area contributed by atoms with Crippen LogP contribution in [0.25, 0.3) is 0 Å². The standard InChI is InChI=1S/C7H12N2.HI/c1-3-7-4-2-6(8-7)9(7)5-1;/h6,8H,1-5H2;1H. The first-order valence-corrected chi connectivity index (χ1v) is 3.95. The lowest BCUT2D eigenvalue weighted by Gasteiger charge is -2.47. The molecule has 0 aromatic heterocycles. The molecule has 0 aromatic carbocycles. The fourth-order valence-electron chi connectivity index (χ4n) is 2.77. The lowest BCUT2D eigenvalue weighted by atomic mass is 10.1. The third kappa shape index (κ3) is 0.617. The Labute approximate surface area is 78.4 Å². The van der Waals surface area contributed by atoms with Gasteiger partial charge in [-0.2, -0.15) is 0 Å². The third-order valence-electron chi connectivity index (χ3n) is 3.18. The number of hydrogen-bond donors (Lipinski definition) is 1. The van der Waals surface area contributed by atoms with E-state index in [9.17, 15) is 0 Å². The summed E-state index contributed by atoms with van der Waals surface area (Å²) >= 11 is 0. The van der Waals surface area contributed by atoms with E-state index in [4.69, 9.17) is 0 Å². The smallest absolute Gasteiger partial charge is 0.0738 e. The summed E-state index contributed by atoms with van der Waals surface area (Å²) in [5.74, 6) is 0. The highest BCUT2D eigenvalue weighted by Gasteiger charge is 2.58. The maximum absolute atomic E-state index is 3.62. The molecule has 4 heterocycles. The molecule has 58 valence electrons. The van der Waals surface area contributed by atoms with Gasteiger partial charge in [-0.1, -0.05) is 0 Å². The van der Waals surface area contributed by atoms with Crippen LogP contribution < -0.4 is 5.32 Å². The Morgan fingerprint density at radius 1 is 1.40 bits per heavy atom. The molecule has 2 unspecified atom stereocenters. The molecule has 4 aliphatic rings. The molecule has 0 saturated carbocycles. The van der Waals surface area contributed by atoms with Crippen molar-refractivity contribution in [3.63, 3.8) is 0 Å². The number of halogens is 1.